The lowest BCUT2D eigenvalue weighted by Gasteiger charge is -2.29. The largest absolute Gasteiger partial charge is 0.371 e. The number of nitrogens with zero attached hydrogens (tertiary/aromatic N) is 2. The maximum atomic E-state index is 14.8. The van der Waals surface area contributed by atoms with Gasteiger partial charge in [0, 0.05) is 29.4 Å². The molecule has 6 nitrogen and oxygen atoms in total. The van der Waals surface area contributed by atoms with Gasteiger partial charge in [-0.2, -0.15) is 0 Å². The van der Waals surface area contributed by atoms with Crippen LogP contribution >= 0.6 is 11.6 Å². The van der Waals surface area contributed by atoms with Crippen molar-refractivity contribution < 1.29 is 18.8 Å². The van der Waals surface area contributed by atoms with Crippen molar-refractivity contribution >= 4 is 46.9 Å². The molecule has 4 amide bonds. The van der Waals surface area contributed by atoms with Gasteiger partial charge in [-0.25, -0.2) is 14.1 Å². The number of amides is 4. The second-order valence-electron chi connectivity index (χ2n) is 7.60. The predicted octanol–water partition coefficient (Wildman–Crippen LogP) is 4.44. The van der Waals surface area contributed by atoms with Crippen LogP contribution in [0.5, 0.6) is 0 Å². The molecule has 8 heteroatoms. The fourth-order valence-corrected chi connectivity index (χ4v) is 4.02. The van der Waals surface area contributed by atoms with E-state index in [1.807, 2.05) is 0 Å². The molecular weight excluding hydrogens is 421 g/mol. The lowest BCUT2D eigenvalue weighted by Crippen LogP contribution is -2.54. The van der Waals surface area contributed by atoms with Crippen molar-refractivity contribution in [3.8, 4) is 0 Å². The Bertz CT molecular complexity index is 1110. The highest BCUT2D eigenvalue weighted by Crippen LogP contribution is 2.30. The topological polar surface area (TPSA) is 69.7 Å². The summed E-state index contributed by atoms with van der Waals surface area (Å²) in [5, 5.41) is 2.52. The van der Waals surface area contributed by atoms with Crippen molar-refractivity contribution in [3.05, 3.63) is 63.9 Å². The third-order valence-electron chi connectivity index (χ3n) is 5.59. The van der Waals surface area contributed by atoms with E-state index in [4.69, 9.17) is 11.6 Å². The number of carbonyl (C=O) groups excluding carboxylic acids is 3. The van der Waals surface area contributed by atoms with Gasteiger partial charge in [0.05, 0.1) is 5.69 Å². The molecule has 0 aromatic heterocycles. The summed E-state index contributed by atoms with van der Waals surface area (Å²) >= 11 is 6.12. The molecule has 2 aliphatic heterocycles. The van der Waals surface area contributed by atoms with Gasteiger partial charge in [-0.15, -0.1) is 0 Å². The zero-order valence-corrected chi connectivity index (χ0v) is 17.7. The minimum Gasteiger partial charge on any atom is -0.371 e. The molecule has 0 bridgehead atoms. The zero-order chi connectivity index (χ0) is 22.1. The molecule has 4 rings (SSSR count). The van der Waals surface area contributed by atoms with Gasteiger partial charge in [0.25, 0.3) is 11.8 Å². The summed E-state index contributed by atoms with van der Waals surface area (Å²) in [7, 11) is 0. The van der Waals surface area contributed by atoms with Crippen molar-refractivity contribution in [2.75, 3.05) is 22.9 Å². The number of piperidine rings is 1. The van der Waals surface area contributed by atoms with E-state index in [1.54, 1.807) is 31.2 Å². The first-order valence-electron chi connectivity index (χ1n) is 10.1. The van der Waals surface area contributed by atoms with Crippen molar-refractivity contribution in [1.82, 2.24) is 5.32 Å². The number of hydrogen-bond donors (Lipinski definition) is 1. The van der Waals surface area contributed by atoms with Crippen LogP contribution in [0, 0.1) is 12.7 Å². The molecule has 2 aliphatic rings. The summed E-state index contributed by atoms with van der Waals surface area (Å²) in [6.45, 7) is 3.41. The van der Waals surface area contributed by atoms with Gasteiger partial charge < -0.3 is 4.90 Å². The second-order valence-corrected chi connectivity index (χ2v) is 8.00. The van der Waals surface area contributed by atoms with Crippen LogP contribution in [-0.2, 0) is 9.59 Å². The summed E-state index contributed by atoms with van der Waals surface area (Å²) in [6.07, 6.45) is 4.47. The molecular formula is C23H21ClFN3O3. The van der Waals surface area contributed by atoms with Gasteiger partial charge >= 0.3 is 6.03 Å². The average molecular weight is 442 g/mol. The number of barbiturate groups is 1. The maximum absolute atomic E-state index is 14.8. The van der Waals surface area contributed by atoms with Crippen LogP contribution in [-0.4, -0.2) is 30.9 Å². The smallest absolute Gasteiger partial charge is 0.335 e. The Labute approximate surface area is 184 Å². The molecule has 2 aromatic carbocycles. The Hall–Kier alpha value is -3.19. The highest BCUT2D eigenvalue weighted by atomic mass is 35.5. The number of carbonyl (C=O) groups is 3. The van der Waals surface area contributed by atoms with E-state index >= 15 is 0 Å². The van der Waals surface area contributed by atoms with E-state index < -0.39 is 23.7 Å². The molecule has 0 atom stereocenters. The summed E-state index contributed by atoms with van der Waals surface area (Å²) in [4.78, 5) is 40.8. The monoisotopic (exact) mass is 441 g/mol. The molecule has 0 spiro atoms. The first-order valence-corrected chi connectivity index (χ1v) is 10.5. The van der Waals surface area contributed by atoms with Crippen LogP contribution in [0.25, 0.3) is 6.08 Å². The number of hydrogen-bond acceptors (Lipinski definition) is 4. The van der Waals surface area contributed by atoms with Crippen LogP contribution < -0.4 is 15.1 Å². The van der Waals surface area contributed by atoms with E-state index in [0.717, 1.165) is 36.5 Å². The van der Waals surface area contributed by atoms with Crippen molar-refractivity contribution in [1.29, 1.82) is 0 Å². The fraction of sp³-hybridized carbons (Fsp3) is 0.261. The van der Waals surface area contributed by atoms with Gasteiger partial charge in [0.2, 0.25) is 0 Å². The highest BCUT2D eigenvalue weighted by Gasteiger charge is 2.37. The average Bonchev–Trinajstić information content (AvgIpc) is 2.75. The van der Waals surface area contributed by atoms with Gasteiger partial charge in [-0.05, 0) is 68.2 Å². The van der Waals surface area contributed by atoms with Crippen molar-refractivity contribution in [2.45, 2.75) is 26.2 Å². The number of benzene rings is 2. The summed E-state index contributed by atoms with van der Waals surface area (Å²) < 4.78 is 14.8. The first kappa shape index (κ1) is 21.1. The Morgan fingerprint density at radius 3 is 2.52 bits per heavy atom. The fourth-order valence-electron chi connectivity index (χ4n) is 3.85. The number of anilines is 2. The Balaban J connectivity index is 1.68. The van der Waals surface area contributed by atoms with Crippen LogP contribution in [0.15, 0.2) is 42.0 Å². The van der Waals surface area contributed by atoms with Gasteiger partial charge in [0.15, 0.2) is 0 Å². The van der Waals surface area contributed by atoms with Gasteiger partial charge in [-0.1, -0.05) is 17.7 Å². The van der Waals surface area contributed by atoms with E-state index in [9.17, 15) is 18.8 Å². The molecule has 0 radical (unpaired) electrons. The van der Waals surface area contributed by atoms with Crippen LogP contribution in [0.1, 0.15) is 30.4 Å². The maximum Gasteiger partial charge on any atom is 0.335 e. The van der Waals surface area contributed by atoms with E-state index in [-0.39, 0.29) is 16.8 Å². The van der Waals surface area contributed by atoms with Crippen molar-refractivity contribution in [3.63, 3.8) is 0 Å². The number of urea groups is 1. The minimum absolute atomic E-state index is 0.0939. The molecule has 1 N–H and O–H groups in total. The van der Waals surface area contributed by atoms with Crippen molar-refractivity contribution in [2.24, 2.45) is 0 Å². The Morgan fingerprint density at radius 1 is 1.06 bits per heavy atom. The van der Waals surface area contributed by atoms with Gasteiger partial charge in [0.1, 0.15) is 11.4 Å². The molecule has 2 saturated heterocycles. The minimum atomic E-state index is -0.876. The molecule has 2 fully saturated rings. The number of halogens is 2. The number of rotatable bonds is 3. The summed E-state index contributed by atoms with van der Waals surface area (Å²) in [5.74, 6) is -2.25. The van der Waals surface area contributed by atoms with E-state index in [0.29, 0.717) is 10.6 Å². The van der Waals surface area contributed by atoms with E-state index in [1.165, 1.54) is 24.6 Å². The highest BCUT2D eigenvalue weighted by molar-refractivity contribution is 6.39. The van der Waals surface area contributed by atoms with Crippen LogP contribution in [0.4, 0.5) is 20.6 Å². The summed E-state index contributed by atoms with van der Waals surface area (Å²) in [6, 6.07) is 8.64. The third-order valence-corrected chi connectivity index (χ3v) is 6.00. The molecule has 160 valence electrons. The van der Waals surface area contributed by atoms with Gasteiger partial charge in [-0.3, -0.25) is 14.9 Å². The molecule has 2 heterocycles. The molecule has 0 saturated carbocycles. The normalized spacial score (nSPS) is 18.5. The lowest BCUT2D eigenvalue weighted by molar-refractivity contribution is -0.122. The first-order chi connectivity index (χ1) is 14.9. The third kappa shape index (κ3) is 4.05. The second kappa shape index (κ2) is 8.51. The number of nitrogens with one attached hydrogen (secondary N) is 1. The Kier molecular flexibility index (Phi) is 5.78. The SMILES string of the molecule is Cc1c(Cl)cccc1N1C(=O)NC(=O)C(=Cc2ccc(N3CCCCC3)cc2F)C1=O. The molecule has 31 heavy (non-hydrogen) atoms. The quantitative estimate of drug-likeness (QED) is 0.564. The number of imide groups is 2. The molecule has 0 unspecified atom stereocenters. The summed E-state index contributed by atoms with van der Waals surface area (Å²) in [5.41, 5.74) is 1.30. The van der Waals surface area contributed by atoms with Crippen LogP contribution in [0.2, 0.25) is 5.02 Å². The standard InChI is InChI=1S/C23H21ClFN3O3/c1-14-18(24)6-5-7-20(14)28-22(30)17(21(29)26-23(28)31)12-15-8-9-16(13-19(15)25)27-10-3-2-4-11-27/h5-9,12-13H,2-4,10-11H2,1H3,(H,26,29,31). The molecule has 0 aliphatic carbocycles. The van der Waals surface area contributed by atoms with E-state index in [2.05, 4.69) is 10.2 Å². The lowest BCUT2D eigenvalue weighted by atomic mass is 10.0. The predicted molar refractivity (Wildman–Crippen MR) is 118 cm³/mol. The Morgan fingerprint density at radius 2 is 1.81 bits per heavy atom. The zero-order valence-electron chi connectivity index (χ0n) is 17.0. The molecule has 2 aromatic rings. The van der Waals surface area contributed by atoms with Crippen LogP contribution in [0.3, 0.4) is 0 Å².